The van der Waals surface area contributed by atoms with Gasteiger partial charge in [-0.25, -0.2) is 0 Å². The van der Waals surface area contributed by atoms with Gasteiger partial charge in [0.25, 0.3) is 5.56 Å². The van der Waals surface area contributed by atoms with Crippen molar-refractivity contribution in [1.82, 2.24) is 19.9 Å². The first-order valence-electron chi connectivity index (χ1n) is 6.26. The van der Waals surface area contributed by atoms with Gasteiger partial charge in [0.05, 0.1) is 5.52 Å². The first-order chi connectivity index (χ1) is 8.75. The lowest BCUT2D eigenvalue weighted by Gasteiger charge is -2.23. The SMILES string of the molecule is O=c1[nH]c(=S)n(CC2CCNCC2)c2cc[nH]c12. The number of H-pyrrole nitrogens is 2. The Hall–Kier alpha value is -1.40. The molecule has 3 rings (SSSR count). The predicted octanol–water partition coefficient (Wildman–Crippen LogP) is 1.39. The predicted molar refractivity (Wildman–Crippen MR) is 73.3 cm³/mol. The maximum atomic E-state index is 11.7. The number of aromatic nitrogens is 3. The van der Waals surface area contributed by atoms with E-state index in [1.165, 1.54) is 0 Å². The van der Waals surface area contributed by atoms with E-state index in [2.05, 4.69) is 15.3 Å². The van der Waals surface area contributed by atoms with Crippen LogP contribution in [0.4, 0.5) is 0 Å². The summed E-state index contributed by atoms with van der Waals surface area (Å²) in [5, 5.41) is 3.36. The molecule has 1 aliphatic rings. The minimum absolute atomic E-state index is 0.137. The molecule has 1 saturated heterocycles. The minimum atomic E-state index is -0.137. The molecule has 6 heteroatoms. The fraction of sp³-hybridized carbons (Fsp3) is 0.500. The highest BCUT2D eigenvalue weighted by molar-refractivity contribution is 7.71. The van der Waals surface area contributed by atoms with Crippen molar-refractivity contribution in [3.8, 4) is 0 Å². The van der Waals surface area contributed by atoms with E-state index in [1.807, 2.05) is 10.6 Å². The third-order valence-electron chi connectivity index (χ3n) is 3.61. The van der Waals surface area contributed by atoms with Crippen molar-refractivity contribution in [3.63, 3.8) is 0 Å². The Kier molecular flexibility index (Phi) is 3.05. The van der Waals surface area contributed by atoms with E-state index >= 15 is 0 Å². The molecule has 3 heterocycles. The zero-order valence-corrected chi connectivity index (χ0v) is 10.8. The number of hydrogen-bond acceptors (Lipinski definition) is 3. The highest BCUT2D eigenvalue weighted by Crippen LogP contribution is 2.17. The molecular weight excluding hydrogens is 248 g/mol. The standard InChI is InChI=1S/C12H16N4OS/c17-11-10-9(3-6-14-10)16(12(18)15-11)7-8-1-4-13-5-2-8/h3,6,8,13-14H,1-2,4-5,7H2,(H,15,17,18). The number of nitrogens with zero attached hydrogens (tertiary/aromatic N) is 1. The van der Waals surface area contributed by atoms with Gasteiger partial charge in [-0.3, -0.25) is 9.78 Å². The molecule has 0 aromatic carbocycles. The average molecular weight is 264 g/mol. The van der Waals surface area contributed by atoms with Crippen molar-refractivity contribution in [3.05, 3.63) is 27.4 Å². The highest BCUT2D eigenvalue weighted by Gasteiger charge is 2.15. The van der Waals surface area contributed by atoms with Gasteiger partial charge >= 0.3 is 0 Å². The second-order valence-electron chi connectivity index (χ2n) is 4.80. The van der Waals surface area contributed by atoms with Crippen LogP contribution >= 0.6 is 12.2 Å². The molecule has 0 saturated carbocycles. The molecule has 18 heavy (non-hydrogen) atoms. The molecule has 0 amide bonds. The molecule has 1 aliphatic heterocycles. The van der Waals surface area contributed by atoms with Crippen LogP contribution in [-0.2, 0) is 6.54 Å². The number of fused-ring (bicyclic) bond motifs is 1. The average Bonchev–Trinajstić information content (AvgIpc) is 2.85. The van der Waals surface area contributed by atoms with Crippen molar-refractivity contribution in [2.75, 3.05) is 13.1 Å². The van der Waals surface area contributed by atoms with E-state index in [4.69, 9.17) is 12.2 Å². The van der Waals surface area contributed by atoms with Crippen molar-refractivity contribution in [2.24, 2.45) is 5.92 Å². The van der Waals surface area contributed by atoms with Crippen molar-refractivity contribution in [1.29, 1.82) is 0 Å². The fourth-order valence-electron chi connectivity index (χ4n) is 2.61. The first-order valence-corrected chi connectivity index (χ1v) is 6.67. The van der Waals surface area contributed by atoms with E-state index in [9.17, 15) is 4.79 Å². The van der Waals surface area contributed by atoms with Crippen molar-refractivity contribution in [2.45, 2.75) is 19.4 Å². The summed E-state index contributed by atoms with van der Waals surface area (Å²) in [6, 6.07) is 1.92. The third-order valence-corrected chi connectivity index (χ3v) is 3.93. The lowest BCUT2D eigenvalue weighted by molar-refractivity contribution is 0.334. The molecule has 2 aromatic rings. The number of hydrogen-bond donors (Lipinski definition) is 3. The summed E-state index contributed by atoms with van der Waals surface area (Å²) in [4.78, 5) is 17.4. The molecular formula is C12H16N4OS. The summed E-state index contributed by atoms with van der Waals surface area (Å²) in [6.45, 7) is 3.01. The molecule has 3 N–H and O–H groups in total. The summed E-state index contributed by atoms with van der Waals surface area (Å²) in [5.41, 5.74) is 1.38. The molecule has 0 aliphatic carbocycles. The monoisotopic (exact) mass is 264 g/mol. The molecule has 5 nitrogen and oxygen atoms in total. The fourth-order valence-corrected chi connectivity index (χ4v) is 2.87. The Balaban J connectivity index is 2.02. The van der Waals surface area contributed by atoms with Crippen LogP contribution in [0.15, 0.2) is 17.1 Å². The molecule has 0 unspecified atom stereocenters. The Morgan fingerprint density at radius 1 is 1.39 bits per heavy atom. The molecule has 1 fully saturated rings. The van der Waals surface area contributed by atoms with Gasteiger partial charge in [0, 0.05) is 12.7 Å². The summed E-state index contributed by atoms with van der Waals surface area (Å²) in [7, 11) is 0. The number of rotatable bonds is 2. The Morgan fingerprint density at radius 3 is 2.94 bits per heavy atom. The lowest BCUT2D eigenvalue weighted by Crippen LogP contribution is -2.30. The maximum absolute atomic E-state index is 11.7. The van der Waals surface area contributed by atoms with Crippen LogP contribution in [0, 0.1) is 10.7 Å². The molecule has 0 bridgehead atoms. The number of piperidine rings is 1. The number of nitrogens with one attached hydrogen (secondary N) is 3. The van der Waals surface area contributed by atoms with Crippen LogP contribution in [0.5, 0.6) is 0 Å². The summed E-state index contributed by atoms with van der Waals surface area (Å²) >= 11 is 5.28. The molecule has 0 radical (unpaired) electrons. The third kappa shape index (κ3) is 2.02. The van der Waals surface area contributed by atoms with Gasteiger partial charge in [-0.05, 0) is 50.1 Å². The maximum Gasteiger partial charge on any atom is 0.276 e. The van der Waals surface area contributed by atoms with Crippen LogP contribution in [0.2, 0.25) is 0 Å². The lowest BCUT2D eigenvalue weighted by atomic mass is 9.98. The molecule has 2 aromatic heterocycles. The smallest absolute Gasteiger partial charge is 0.276 e. The quantitative estimate of drug-likeness (QED) is 0.718. The topological polar surface area (TPSA) is 65.6 Å². The minimum Gasteiger partial charge on any atom is -0.355 e. The largest absolute Gasteiger partial charge is 0.355 e. The molecule has 0 atom stereocenters. The number of aromatic amines is 2. The second kappa shape index (κ2) is 4.70. The van der Waals surface area contributed by atoms with Gasteiger partial charge in [0.2, 0.25) is 0 Å². The van der Waals surface area contributed by atoms with Crippen LogP contribution < -0.4 is 10.9 Å². The van der Waals surface area contributed by atoms with Gasteiger partial charge in [0.1, 0.15) is 5.52 Å². The molecule has 0 spiro atoms. The van der Waals surface area contributed by atoms with Gasteiger partial charge in [-0.2, -0.15) is 0 Å². The van der Waals surface area contributed by atoms with Crippen molar-refractivity contribution >= 4 is 23.3 Å². The van der Waals surface area contributed by atoms with Crippen LogP contribution in [0.3, 0.4) is 0 Å². The van der Waals surface area contributed by atoms with E-state index in [-0.39, 0.29) is 5.56 Å². The second-order valence-corrected chi connectivity index (χ2v) is 5.19. The zero-order chi connectivity index (χ0) is 12.5. The summed E-state index contributed by atoms with van der Waals surface area (Å²) in [6.07, 6.45) is 4.10. The Bertz CT molecular complexity index is 663. The van der Waals surface area contributed by atoms with Gasteiger partial charge in [-0.1, -0.05) is 0 Å². The normalized spacial score (nSPS) is 17.3. The zero-order valence-electron chi connectivity index (χ0n) is 10.0. The Labute approximate surface area is 109 Å². The van der Waals surface area contributed by atoms with E-state index in [1.54, 1.807) is 6.20 Å². The van der Waals surface area contributed by atoms with Gasteiger partial charge in [0.15, 0.2) is 4.77 Å². The van der Waals surface area contributed by atoms with Crippen LogP contribution in [0.25, 0.3) is 11.0 Å². The van der Waals surface area contributed by atoms with Crippen molar-refractivity contribution < 1.29 is 0 Å². The Morgan fingerprint density at radius 2 is 2.17 bits per heavy atom. The van der Waals surface area contributed by atoms with E-state index < -0.39 is 0 Å². The van der Waals surface area contributed by atoms with Gasteiger partial charge in [-0.15, -0.1) is 0 Å². The van der Waals surface area contributed by atoms with Crippen LogP contribution in [-0.4, -0.2) is 27.6 Å². The summed E-state index contributed by atoms with van der Waals surface area (Å²) < 4.78 is 2.56. The van der Waals surface area contributed by atoms with E-state index in [0.717, 1.165) is 38.0 Å². The molecule has 96 valence electrons. The van der Waals surface area contributed by atoms with Crippen LogP contribution in [0.1, 0.15) is 12.8 Å². The first kappa shape index (κ1) is 11.7. The van der Waals surface area contributed by atoms with Gasteiger partial charge < -0.3 is 14.9 Å². The van der Waals surface area contributed by atoms with E-state index in [0.29, 0.717) is 16.2 Å². The highest BCUT2D eigenvalue weighted by atomic mass is 32.1. The summed E-state index contributed by atoms with van der Waals surface area (Å²) in [5.74, 6) is 0.627.